The molecule has 0 aliphatic rings. The fraction of sp³-hybridized carbons (Fsp3) is 0.833. The van der Waals surface area contributed by atoms with E-state index in [2.05, 4.69) is 88.3 Å². The van der Waals surface area contributed by atoms with Crippen LogP contribution in [0.15, 0.2) is 12.2 Å². The number of carbonyl (C=O) groups is 1. The van der Waals surface area contributed by atoms with E-state index in [1.807, 2.05) is 13.0 Å². The smallest absolute Gasteiger partial charge is 0.330 e. The van der Waals surface area contributed by atoms with E-state index in [9.17, 15) is 4.79 Å². The average molecular weight is 585 g/mol. The lowest BCUT2D eigenvalue weighted by molar-refractivity contribution is -0.137. The first-order chi connectivity index (χ1) is 17.5. The van der Waals surface area contributed by atoms with Crippen LogP contribution in [-0.2, 0) is 22.8 Å². The first-order valence-electron chi connectivity index (χ1n) is 14.9. The zero-order chi connectivity index (χ0) is 29.8. The van der Waals surface area contributed by atoms with Gasteiger partial charge in [0.15, 0.2) is 25.0 Å². The second-order valence-electron chi connectivity index (χ2n) is 12.2. The monoisotopic (exact) mass is 584 g/mol. The van der Waals surface area contributed by atoms with Crippen molar-refractivity contribution < 1.29 is 22.8 Å². The summed E-state index contributed by atoms with van der Waals surface area (Å²) < 4.78 is 26.4. The van der Waals surface area contributed by atoms with Gasteiger partial charge in [-0.3, -0.25) is 0 Å². The minimum Gasteiger partial charge on any atom is -0.463 e. The lowest BCUT2D eigenvalue weighted by Gasteiger charge is -2.47. The molecule has 0 radical (unpaired) electrons. The number of carbonyl (C=O) groups excluding carboxylic acids is 1. The molecule has 0 fully saturated rings. The van der Waals surface area contributed by atoms with E-state index < -0.39 is 36.7 Å². The van der Waals surface area contributed by atoms with Crippen molar-refractivity contribution in [2.75, 3.05) is 6.61 Å². The number of rotatable bonds is 18. The summed E-state index contributed by atoms with van der Waals surface area (Å²) in [5.41, 5.74) is -0.843. The molecule has 38 heavy (non-hydrogen) atoms. The maximum absolute atomic E-state index is 12.5. The molecular formula is C30H60O5Si3. The standard InChI is InChI=1S/C30H60O5Si3/c1-15-26(33-36(13,14)29(9,10)11)25-27(34-37(17-3,18-4)19-5)30(12,24-23-28(31)32-16-2)35-38(20-6,21-7)22-8/h1,23-24,26-27H,16-22,25H2,2-14H3/b24-23+/t26-,27+,30+/m0/s1. The number of hydrogen-bond acceptors (Lipinski definition) is 5. The number of ether oxygens (including phenoxy) is 1. The molecular weight excluding hydrogens is 525 g/mol. The normalized spacial score (nSPS) is 16.6. The van der Waals surface area contributed by atoms with Gasteiger partial charge in [0, 0.05) is 12.5 Å². The summed E-state index contributed by atoms with van der Waals surface area (Å²) >= 11 is 0. The Labute approximate surface area is 239 Å². The molecule has 0 aliphatic heterocycles. The van der Waals surface area contributed by atoms with Crippen LogP contribution in [0, 0.1) is 12.3 Å². The van der Waals surface area contributed by atoms with Crippen molar-refractivity contribution in [3.8, 4) is 12.3 Å². The Morgan fingerprint density at radius 3 is 1.68 bits per heavy atom. The van der Waals surface area contributed by atoms with Crippen LogP contribution < -0.4 is 0 Å². The maximum Gasteiger partial charge on any atom is 0.330 e. The van der Waals surface area contributed by atoms with Crippen molar-refractivity contribution in [3.63, 3.8) is 0 Å². The molecule has 0 spiro atoms. The second kappa shape index (κ2) is 15.9. The molecule has 0 bridgehead atoms. The third-order valence-electron chi connectivity index (χ3n) is 9.03. The Kier molecular flexibility index (Phi) is 15.6. The molecule has 0 aliphatic carbocycles. The molecule has 8 heteroatoms. The Bertz CT molecular complexity index is 759. The second-order valence-corrected chi connectivity index (χ2v) is 26.4. The van der Waals surface area contributed by atoms with Crippen molar-refractivity contribution >= 4 is 30.9 Å². The van der Waals surface area contributed by atoms with Crippen molar-refractivity contribution in [2.45, 2.75) is 155 Å². The summed E-state index contributed by atoms with van der Waals surface area (Å²) in [5.74, 6) is 2.58. The van der Waals surface area contributed by atoms with Crippen LogP contribution >= 0.6 is 0 Å². The van der Waals surface area contributed by atoms with Gasteiger partial charge in [-0.15, -0.1) is 6.42 Å². The van der Waals surface area contributed by atoms with Gasteiger partial charge < -0.3 is 18.0 Å². The topological polar surface area (TPSA) is 54.0 Å². The highest BCUT2D eigenvalue weighted by atomic mass is 28.4. The van der Waals surface area contributed by atoms with Gasteiger partial charge in [-0.2, -0.15) is 0 Å². The lowest BCUT2D eigenvalue weighted by Crippen LogP contribution is -2.56. The number of hydrogen-bond donors (Lipinski definition) is 0. The molecule has 3 atom stereocenters. The minimum atomic E-state index is -2.12. The van der Waals surface area contributed by atoms with E-state index in [4.69, 9.17) is 24.4 Å². The van der Waals surface area contributed by atoms with Gasteiger partial charge in [0.2, 0.25) is 0 Å². The third-order valence-corrected chi connectivity index (χ3v) is 22.9. The van der Waals surface area contributed by atoms with Crippen molar-refractivity contribution in [1.82, 2.24) is 0 Å². The molecule has 0 aromatic carbocycles. The van der Waals surface area contributed by atoms with Gasteiger partial charge in [-0.05, 0) is 74.3 Å². The molecule has 222 valence electrons. The summed E-state index contributed by atoms with van der Waals surface area (Å²) in [6.07, 6.45) is 9.30. The average Bonchev–Trinajstić information content (AvgIpc) is 2.87. The maximum atomic E-state index is 12.5. The molecule has 0 unspecified atom stereocenters. The van der Waals surface area contributed by atoms with E-state index >= 15 is 0 Å². The van der Waals surface area contributed by atoms with Crippen LogP contribution in [0.1, 0.15) is 82.6 Å². The number of terminal acetylenes is 1. The van der Waals surface area contributed by atoms with E-state index in [0.717, 1.165) is 36.3 Å². The van der Waals surface area contributed by atoms with Crippen LogP contribution in [0.4, 0.5) is 0 Å². The zero-order valence-corrected chi connectivity index (χ0v) is 30.1. The van der Waals surface area contributed by atoms with Gasteiger partial charge in [-0.1, -0.05) is 68.2 Å². The van der Waals surface area contributed by atoms with Crippen LogP contribution in [0.25, 0.3) is 0 Å². The fourth-order valence-corrected chi connectivity index (χ4v) is 11.9. The molecule has 0 aromatic heterocycles. The van der Waals surface area contributed by atoms with Crippen molar-refractivity contribution in [2.24, 2.45) is 0 Å². The van der Waals surface area contributed by atoms with Crippen LogP contribution in [0.5, 0.6) is 0 Å². The van der Waals surface area contributed by atoms with Crippen molar-refractivity contribution in [3.05, 3.63) is 12.2 Å². The Morgan fingerprint density at radius 2 is 1.32 bits per heavy atom. The Hall–Kier alpha value is -0.699. The molecule has 0 amide bonds. The van der Waals surface area contributed by atoms with Gasteiger partial charge >= 0.3 is 5.97 Å². The molecule has 5 nitrogen and oxygen atoms in total. The molecule has 0 aromatic rings. The summed E-state index contributed by atoms with van der Waals surface area (Å²) in [5, 5.41) is 0.0333. The van der Waals surface area contributed by atoms with Gasteiger partial charge in [-0.25, -0.2) is 4.79 Å². The van der Waals surface area contributed by atoms with Gasteiger partial charge in [0.05, 0.1) is 18.3 Å². The van der Waals surface area contributed by atoms with Crippen LogP contribution in [0.3, 0.4) is 0 Å². The largest absolute Gasteiger partial charge is 0.463 e. The summed E-state index contributed by atoms with van der Waals surface area (Å²) in [6.45, 7) is 28.7. The van der Waals surface area contributed by atoms with E-state index in [-0.39, 0.29) is 17.1 Å². The minimum absolute atomic E-state index is 0.0333. The molecule has 0 saturated carbocycles. The summed E-state index contributed by atoms with van der Waals surface area (Å²) in [4.78, 5) is 12.5. The number of esters is 1. The lowest BCUT2D eigenvalue weighted by atomic mass is 9.94. The van der Waals surface area contributed by atoms with Crippen LogP contribution in [-0.4, -0.2) is 55.3 Å². The predicted octanol–water partition coefficient (Wildman–Crippen LogP) is 8.69. The highest BCUT2D eigenvalue weighted by molar-refractivity contribution is 6.74. The van der Waals surface area contributed by atoms with E-state index in [1.54, 1.807) is 0 Å². The zero-order valence-electron chi connectivity index (χ0n) is 27.1. The first-order valence-corrected chi connectivity index (χ1v) is 22.9. The Balaban J connectivity index is 6.91. The fourth-order valence-electron chi connectivity index (χ4n) is 4.64. The van der Waals surface area contributed by atoms with E-state index in [0.29, 0.717) is 13.0 Å². The molecule has 0 N–H and O–H groups in total. The van der Waals surface area contributed by atoms with Gasteiger partial charge in [0.25, 0.3) is 0 Å². The van der Waals surface area contributed by atoms with Gasteiger partial charge in [0.1, 0.15) is 6.10 Å². The first kappa shape index (κ1) is 37.3. The third kappa shape index (κ3) is 10.4. The summed E-state index contributed by atoms with van der Waals surface area (Å²) in [7, 11) is -6.30. The molecule has 0 heterocycles. The van der Waals surface area contributed by atoms with Crippen molar-refractivity contribution in [1.29, 1.82) is 0 Å². The predicted molar refractivity (Wildman–Crippen MR) is 170 cm³/mol. The van der Waals surface area contributed by atoms with E-state index in [1.165, 1.54) is 6.08 Å². The molecule has 0 saturated heterocycles. The molecule has 0 rings (SSSR count). The summed E-state index contributed by atoms with van der Waals surface area (Å²) in [6, 6.07) is 6.01. The Morgan fingerprint density at radius 1 is 0.842 bits per heavy atom. The highest BCUT2D eigenvalue weighted by Crippen LogP contribution is 2.40. The highest BCUT2D eigenvalue weighted by Gasteiger charge is 2.47. The van der Waals surface area contributed by atoms with Crippen LogP contribution in [0.2, 0.25) is 54.4 Å². The quantitative estimate of drug-likeness (QED) is 0.0698. The SMILES string of the molecule is C#C[C@@H](C[C@@H](O[Si](CC)(CC)CC)[C@@](C)(/C=C/C(=O)OCC)O[Si](CC)(CC)CC)O[Si](C)(C)C(C)(C)C.